The highest BCUT2D eigenvalue weighted by Crippen LogP contribution is 2.20. The highest BCUT2D eigenvalue weighted by Gasteiger charge is 2.10. The molecule has 3 N–H and O–H groups in total. The summed E-state index contributed by atoms with van der Waals surface area (Å²) in [7, 11) is 0. The van der Waals surface area contributed by atoms with E-state index < -0.39 is 0 Å². The number of rotatable bonds is 5. The molecule has 0 aliphatic rings. The monoisotopic (exact) mass is 325 g/mol. The van der Waals surface area contributed by atoms with Crippen LogP contribution in [0.4, 0.5) is 5.82 Å². The number of fused-ring (bicyclic) bond motifs is 1. The van der Waals surface area contributed by atoms with Crippen LogP contribution in [-0.4, -0.2) is 19.9 Å². The van der Waals surface area contributed by atoms with Crippen LogP contribution in [0.25, 0.3) is 11.0 Å². The van der Waals surface area contributed by atoms with Crippen LogP contribution >= 0.6 is 0 Å². The van der Waals surface area contributed by atoms with E-state index in [2.05, 4.69) is 52.9 Å². The maximum Gasteiger partial charge on any atom is 0.323 e. The molecular formula is C18H23N5O. The third kappa shape index (κ3) is 3.48. The van der Waals surface area contributed by atoms with Gasteiger partial charge in [0.25, 0.3) is 0 Å². The first kappa shape index (κ1) is 16.2. The summed E-state index contributed by atoms with van der Waals surface area (Å²) >= 11 is 0. The van der Waals surface area contributed by atoms with E-state index in [1.807, 2.05) is 24.3 Å². The van der Waals surface area contributed by atoms with Crippen molar-refractivity contribution >= 4 is 16.9 Å². The first-order valence-corrected chi connectivity index (χ1v) is 8.26. The minimum absolute atomic E-state index is 0.186. The molecule has 0 spiro atoms. The maximum atomic E-state index is 11.3. The van der Waals surface area contributed by atoms with Crippen LogP contribution in [0.3, 0.4) is 0 Å². The summed E-state index contributed by atoms with van der Waals surface area (Å²) < 4.78 is 0. The molecule has 0 aliphatic carbocycles. The van der Waals surface area contributed by atoms with Crippen LogP contribution in [0.1, 0.15) is 56.6 Å². The van der Waals surface area contributed by atoms with Gasteiger partial charge in [-0.2, -0.15) is 0 Å². The van der Waals surface area contributed by atoms with Gasteiger partial charge in [0, 0.05) is 24.2 Å². The first-order valence-electron chi connectivity index (χ1n) is 8.26. The fraction of sp³-hybridized carbons (Fsp3) is 0.389. The Balaban J connectivity index is 1.82. The second kappa shape index (κ2) is 6.47. The molecule has 3 aromatic rings. The van der Waals surface area contributed by atoms with E-state index >= 15 is 0 Å². The first-order chi connectivity index (χ1) is 11.4. The number of hydrogen-bond acceptors (Lipinski definition) is 4. The predicted octanol–water partition coefficient (Wildman–Crippen LogP) is 3.51. The molecule has 24 heavy (non-hydrogen) atoms. The van der Waals surface area contributed by atoms with Gasteiger partial charge in [-0.3, -0.25) is 0 Å². The Bertz CT molecular complexity index is 881. The molecule has 0 bridgehead atoms. The van der Waals surface area contributed by atoms with Crippen molar-refractivity contribution in [2.45, 2.75) is 46.1 Å². The van der Waals surface area contributed by atoms with Crippen molar-refractivity contribution in [2.75, 3.05) is 5.32 Å². The molecule has 1 aromatic carbocycles. The van der Waals surface area contributed by atoms with Crippen LogP contribution in [0.5, 0.6) is 0 Å². The average Bonchev–Trinajstić information content (AvgIpc) is 2.91. The molecule has 0 saturated carbocycles. The second-order valence-corrected chi connectivity index (χ2v) is 6.66. The minimum Gasteiger partial charge on any atom is -0.366 e. The topological polar surface area (TPSA) is 86.5 Å². The number of anilines is 1. The Morgan fingerprint density at radius 3 is 2.46 bits per heavy atom. The number of H-pyrrole nitrogens is 2. The van der Waals surface area contributed by atoms with Crippen LogP contribution in [0.2, 0.25) is 0 Å². The van der Waals surface area contributed by atoms with Crippen LogP contribution in [0.15, 0.2) is 29.1 Å². The molecular weight excluding hydrogens is 302 g/mol. The average molecular weight is 325 g/mol. The summed E-state index contributed by atoms with van der Waals surface area (Å²) in [4.78, 5) is 26.1. The van der Waals surface area contributed by atoms with Crippen LogP contribution < -0.4 is 11.0 Å². The van der Waals surface area contributed by atoms with E-state index in [-0.39, 0.29) is 11.6 Å². The normalized spacial score (nSPS) is 11.6. The van der Waals surface area contributed by atoms with E-state index in [4.69, 9.17) is 0 Å². The smallest absolute Gasteiger partial charge is 0.323 e. The van der Waals surface area contributed by atoms with Gasteiger partial charge >= 0.3 is 5.69 Å². The van der Waals surface area contributed by atoms with Gasteiger partial charge in [0.2, 0.25) is 0 Å². The van der Waals surface area contributed by atoms with Gasteiger partial charge in [0.05, 0.1) is 11.0 Å². The third-order valence-electron chi connectivity index (χ3n) is 3.93. The summed E-state index contributed by atoms with van der Waals surface area (Å²) in [6.07, 6.45) is 0. The summed E-state index contributed by atoms with van der Waals surface area (Å²) in [6, 6.07) is 7.87. The highest BCUT2D eigenvalue weighted by molar-refractivity contribution is 5.75. The lowest BCUT2D eigenvalue weighted by Crippen LogP contribution is -2.08. The molecule has 0 aliphatic heterocycles. The summed E-state index contributed by atoms with van der Waals surface area (Å²) in [5.41, 5.74) is 3.56. The Morgan fingerprint density at radius 2 is 1.75 bits per heavy atom. The van der Waals surface area contributed by atoms with Crippen molar-refractivity contribution in [3.63, 3.8) is 0 Å². The molecule has 0 unspecified atom stereocenters. The molecule has 0 atom stereocenters. The van der Waals surface area contributed by atoms with Crippen molar-refractivity contribution in [1.29, 1.82) is 0 Å². The summed E-state index contributed by atoms with van der Waals surface area (Å²) in [5, 5.41) is 3.37. The molecule has 0 fully saturated rings. The Labute approximate surface area is 140 Å². The van der Waals surface area contributed by atoms with E-state index in [9.17, 15) is 4.79 Å². The van der Waals surface area contributed by atoms with E-state index in [0.29, 0.717) is 12.5 Å². The highest BCUT2D eigenvalue weighted by atomic mass is 16.1. The maximum absolute atomic E-state index is 11.3. The number of benzene rings is 1. The lowest BCUT2D eigenvalue weighted by molar-refractivity contribution is 0.730. The van der Waals surface area contributed by atoms with Gasteiger partial charge in [0.15, 0.2) is 0 Å². The molecule has 2 aromatic heterocycles. The summed E-state index contributed by atoms with van der Waals surface area (Å²) in [6.45, 7) is 9.09. The second-order valence-electron chi connectivity index (χ2n) is 6.66. The zero-order valence-electron chi connectivity index (χ0n) is 14.5. The number of aromatic nitrogens is 4. The predicted molar refractivity (Wildman–Crippen MR) is 96.5 cm³/mol. The van der Waals surface area contributed by atoms with Crippen molar-refractivity contribution in [3.05, 3.63) is 51.8 Å². The zero-order valence-corrected chi connectivity index (χ0v) is 14.5. The number of imidazole rings is 1. The third-order valence-corrected chi connectivity index (χ3v) is 3.93. The van der Waals surface area contributed by atoms with Gasteiger partial charge in [-0.1, -0.05) is 33.8 Å². The van der Waals surface area contributed by atoms with Crippen LogP contribution in [-0.2, 0) is 6.54 Å². The van der Waals surface area contributed by atoms with Gasteiger partial charge in [-0.25, -0.2) is 14.8 Å². The van der Waals surface area contributed by atoms with Gasteiger partial charge in [0.1, 0.15) is 11.6 Å². The molecule has 2 heterocycles. The fourth-order valence-corrected chi connectivity index (χ4v) is 2.51. The largest absolute Gasteiger partial charge is 0.366 e. The standard InChI is InChI=1S/C18H23N5O/c1-10(2)14-8-16(23-17(20-14)11(3)4)19-9-12-5-6-13-15(7-12)22-18(24)21-13/h5-8,10-11H,9H2,1-4H3,(H,19,20,23)(H2,21,22,24). The quantitative estimate of drug-likeness (QED) is 0.670. The molecule has 0 amide bonds. The molecule has 0 saturated heterocycles. The van der Waals surface area contributed by atoms with E-state index in [1.165, 1.54) is 0 Å². The Morgan fingerprint density at radius 1 is 1.00 bits per heavy atom. The number of nitrogens with zero attached hydrogens (tertiary/aromatic N) is 2. The van der Waals surface area contributed by atoms with Crippen LogP contribution in [0, 0.1) is 0 Å². The lowest BCUT2D eigenvalue weighted by Gasteiger charge is -2.13. The zero-order chi connectivity index (χ0) is 17.3. The van der Waals surface area contributed by atoms with Gasteiger partial charge in [-0.05, 0) is 23.6 Å². The Hall–Kier alpha value is -2.63. The lowest BCUT2D eigenvalue weighted by atomic mass is 10.1. The van der Waals surface area contributed by atoms with Gasteiger partial charge in [-0.15, -0.1) is 0 Å². The van der Waals surface area contributed by atoms with Gasteiger partial charge < -0.3 is 15.3 Å². The molecule has 6 heteroatoms. The molecule has 3 rings (SSSR count). The van der Waals surface area contributed by atoms with E-state index in [1.54, 1.807) is 0 Å². The fourth-order valence-electron chi connectivity index (χ4n) is 2.51. The van der Waals surface area contributed by atoms with Crippen molar-refractivity contribution in [1.82, 2.24) is 19.9 Å². The number of nitrogens with one attached hydrogen (secondary N) is 3. The molecule has 0 radical (unpaired) electrons. The number of hydrogen-bond donors (Lipinski definition) is 3. The summed E-state index contributed by atoms with van der Waals surface area (Å²) in [5.74, 6) is 2.33. The molecule has 126 valence electrons. The Kier molecular flexibility index (Phi) is 4.38. The SMILES string of the molecule is CC(C)c1cc(NCc2ccc3[nH]c(=O)[nH]c3c2)nc(C(C)C)n1. The minimum atomic E-state index is -0.186. The molecule has 6 nitrogen and oxygen atoms in total. The van der Waals surface area contributed by atoms with Crippen molar-refractivity contribution in [3.8, 4) is 0 Å². The van der Waals surface area contributed by atoms with E-state index in [0.717, 1.165) is 33.9 Å². The van der Waals surface area contributed by atoms with Crippen molar-refractivity contribution in [2.24, 2.45) is 0 Å². The van der Waals surface area contributed by atoms with Crippen molar-refractivity contribution < 1.29 is 0 Å². The number of aromatic amines is 2.